The largest absolute Gasteiger partial charge is 0.487 e. The van der Waals surface area contributed by atoms with Crippen molar-refractivity contribution in [3.63, 3.8) is 0 Å². The van der Waals surface area contributed by atoms with E-state index in [2.05, 4.69) is 15.9 Å². The van der Waals surface area contributed by atoms with Gasteiger partial charge in [-0.25, -0.2) is 4.79 Å². The second-order valence-electron chi connectivity index (χ2n) is 5.14. The monoisotopic (exact) mass is 361 g/mol. The lowest BCUT2D eigenvalue weighted by Crippen LogP contribution is -2.56. The van der Waals surface area contributed by atoms with Crippen LogP contribution in [-0.4, -0.2) is 30.2 Å². The minimum Gasteiger partial charge on any atom is -0.487 e. The molecule has 1 heterocycles. The Morgan fingerprint density at radius 2 is 1.77 bits per heavy atom. The molecule has 0 bridgehead atoms. The Morgan fingerprint density at radius 3 is 2.45 bits per heavy atom. The molecule has 22 heavy (non-hydrogen) atoms. The molecule has 0 saturated carbocycles. The highest BCUT2D eigenvalue weighted by atomic mass is 79.9. The van der Waals surface area contributed by atoms with Crippen molar-refractivity contribution in [1.29, 1.82) is 0 Å². The van der Waals surface area contributed by atoms with Crippen molar-refractivity contribution in [2.45, 2.75) is 12.7 Å². The molecule has 114 valence electrons. The highest BCUT2D eigenvalue weighted by molar-refractivity contribution is 9.10. The third kappa shape index (κ3) is 3.80. The average Bonchev–Trinajstić information content (AvgIpc) is 2.51. The van der Waals surface area contributed by atoms with Gasteiger partial charge in [0.15, 0.2) is 0 Å². The number of hydrogen-bond acceptors (Lipinski definition) is 3. The fraction of sp³-hybridized carbons (Fsp3) is 0.235. The van der Waals surface area contributed by atoms with Crippen LogP contribution in [0, 0.1) is 0 Å². The molecule has 0 spiro atoms. The van der Waals surface area contributed by atoms with E-state index >= 15 is 0 Å². The van der Waals surface area contributed by atoms with Crippen LogP contribution in [0.3, 0.4) is 0 Å². The van der Waals surface area contributed by atoms with Gasteiger partial charge >= 0.3 is 6.09 Å². The van der Waals surface area contributed by atoms with Crippen molar-refractivity contribution >= 4 is 22.0 Å². The van der Waals surface area contributed by atoms with E-state index in [1.54, 1.807) is 4.90 Å². The normalized spacial score (nSPS) is 14.3. The zero-order valence-corrected chi connectivity index (χ0v) is 13.5. The summed E-state index contributed by atoms with van der Waals surface area (Å²) in [4.78, 5) is 13.5. The van der Waals surface area contributed by atoms with Crippen molar-refractivity contribution in [1.82, 2.24) is 4.90 Å². The van der Waals surface area contributed by atoms with Crippen LogP contribution in [0.1, 0.15) is 5.56 Å². The van der Waals surface area contributed by atoms with Gasteiger partial charge in [-0.3, -0.25) is 0 Å². The van der Waals surface area contributed by atoms with Gasteiger partial charge in [0.25, 0.3) is 0 Å². The van der Waals surface area contributed by atoms with E-state index in [0.29, 0.717) is 19.7 Å². The maximum absolute atomic E-state index is 11.9. The first-order chi connectivity index (χ1) is 10.7. The van der Waals surface area contributed by atoms with Gasteiger partial charge in [0.1, 0.15) is 18.5 Å². The molecule has 0 atom stereocenters. The maximum Gasteiger partial charge on any atom is 0.410 e. The highest BCUT2D eigenvalue weighted by Gasteiger charge is 2.33. The molecule has 0 N–H and O–H groups in total. The highest BCUT2D eigenvalue weighted by Crippen LogP contribution is 2.21. The van der Waals surface area contributed by atoms with Gasteiger partial charge < -0.3 is 14.4 Å². The molecule has 0 unspecified atom stereocenters. The van der Waals surface area contributed by atoms with Crippen molar-refractivity contribution in [3.05, 3.63) is 64.6 Å². The summed E-state index contributed by atoms with van der Waals surface area (Å²) in [6.07, 6.45) is -0.259. The molecule has 2 aromatic rings. The molecule has 1 fully saturated rings. The van der Waals surface area contributed by atoms with E-state index in [-0.39, 0.29) is 12.2 Å². The minimum atomic E-state index is -0.292. The number of ether oxygens (including phenoxy) is 2. The number of halogens is 1. The molecule has 1 aliphatic rings. The van der Waals surface area contributed by atoms with Gasteiger partial charge in [-0.15, -0.1) is 0 Å². The fourth-order valence-corrected chi connectivity index (χ4v) is 2.44. The molecule has 1 amide bonds. The molecule has 3 rings (SSSR count). The van der Waals surface area contributed by atoms with E-state index in [1.165, 1.54) is 0 Å². The Labute approximate surface area is 137 Å². The van der Waals surface area contributed by atoms with Crippen molar-refractivity contribution in [3.8, 4) is 5.75 Å². The van der Waals surface area contributed by atoms with Crippen LogP contribution in [0.5, 0.6) is 5.75 Å². The van der Waals surface area contributed by atoms with Gasteiger partial charge in [-0.05, 0) is 29.8 Å². The van der Waals surface area contributed by atoms with Crippen LogP contribution in [0.2, 0.25) is 0 Å². The molecular weight excluding hydrogens is 346 g/mol. The van der Waals surface area contributed by atoms with Gasteiger partial charge in [0.2, 0.25) is 0 Å². The summed E-state index contributed by atoms with van der Waals surface area (Å²) >= 11 is 3.38. The molecule has 4 nitrogen and oxygen atoms in total. The maximum atomic E-state index is 11.9. The lowest BCUT2D eigenvalue weighted by Gasteiger charge is -2.37. The third-order valence-corrected chi connectivity index (χ3v) is 3.96. The number of likely N-dealkylation sites (tertiary alicyclic amines) is 1. The second-order valence-corrected chi connectivity index (χ2v) is 6.05. The number of hydrogen-bond donors (Lipinski definition) is 0. The zero-order valence-electron chi connectivity index (χ0n) is 11.9. The number of rotatable bonds is 4. The zero-order chi connectivity index (χ0) is 15.4. The summed E-state index contributed by atoms with van der Waals surface area (Å²) in [5.41, 5.74) is 0.985. The summed E-state index contributed by atoms with van der Waals surface area (Å²) in [7, 11) is 0. The first-order valence-electron chi connectivity index (χ1n) is 7.08. The molecule has 1 aliphatic heterocycles. The van der Waals surface area contributed by atoms with Crippen LogP contribution < -0.4 is 4.74 Å². The number of benzene rings is 2. The molecule has 0 aromatic heterocycles. The average molecular weight is 362 g/mol. The van der Waals surface area contributed by atoms with E-state index < -0.39 is 0 Å². The van der Waals surface area contributed by atoms with E-state index in [4.69, 9.17) is 9.47 Å². The van der Waals surface area contributed by atoms with Crippen molar-refractivity contribution in [2.24, 2.45) is 0 Å². The number of carbonyl (C=O) groups is 1. The van der Waals surface area contributed by atoms with Crippen LogP contribution >= 0.6 is 15.9 Å². The molecule has 2 aromatic carbocycles. The summed E-state index contributed by atoms with van der Waals surface area (Å²) in [6, 6.07) is 17.3. The smallest absolute Gasteiger partial charge is 0.410 e. The number of carbonyl (C=O) groups excluding carboxylic acids is 1. The van der Waals surface area contributed by atoms with Crippen LogP contribution in [0.4, 0.5) is 4.79 Å². The first kappa shape index (κ1) is 14.9. The lowest BCUT2D eigenvalue weighted by molar-refractivity contribution is 0.00869. The Kier molecular flexibility index (Phi) is 4.63. The molecule has 1 saturated heterocycles. The summed E-state index contributed by atoms with van der Waals surface area (Å²) in [6.45, 7) is 1.42. The summed E-state index contributed by atoms with van der Waals surface area (Å²) < 4.78 is 12.1. The second kappa shape index (κ2) is 6.83. The Hall–Kier alpha value is -2.01. The summed E-state index contributed by atoms with van der Waals surface area (Å²) in [5.74, 6) is 0.811. The summed E-state index contributed by atoms with van der Waals surface area (Å²) in [5, 5.41) is 0. The van der Waals surface area contributed by atoms with E-state index in [0.717, 1.165) is 15.8 Å². The standard InChI is InChI=1S/C17H16BrNO3/c18-14-6-8-15(9-7-14)22-16-10-19(11-16)17(20)21-12-13-4-2-1-3-5-13/h1-9,16H,10-12H2. The van der Waals surface area contributed by atoms with Gasteiger partial charge in [-0.2, -0.15) is 0 Å². The van der Waals surface area contributed by atoms with Gasteiger partial charge in [-0.1, -0.05) is 46.3 Å². The minimum absolute atomic E-state index is 0.0328. The predicted molar refractivity (Wildman–Crippen MR) is 86.8 cm³/mol. The quantitative estimate of drug-likeness (QED) is 0.830. The number of nitrogens with zero attached hydrogens (tertiary/aromatic N) is 1. The van der Waals surface area contributed by atoms with Crippen LogP contribution in [0.25, 0.3) is 0 Å². The van der Waals surface area contributed by atoms with Crippen molar-refractivity contribution < 1.29 is 14.3 Å². The molecule has 0 radical (unpaired) electrons. The SMILES string of the molecule is O=C(OCc1ccccc1)N1CC(Oc2ccc(Br)cc2)C1. The molecule has 5 heteroatoms. The Balaban J connectivity index is 1.41. The first-order valence-corrected chi connectivity index (χ1v) is 7.88. The van der Waals surface area contributed by atoms with Crippen LogP contribution in [0.15, 0.2) is 59.1 Å². The number of amides is 1. The predicted octanol–water partition coefficient (Wildman–Crippen LogP) is 3.85. The Morgan fingerprint density at radius 1 is 1.09 bits per heavy atom. The lowest BCUT2D eigenvalue weighted by atomic mass is 10.2. The topological polar surface area (TPSA) is 38.8 Å². The van der Waals surface area contributed by atoms with E-state index in [9.17, 15) is 4.79 Å². The van der Waals surface area contributed by atoms with Crippen molar-refractivity contribution in [2.75, 3.05) is 13.1 Å². The van der Waals surface area contributed by atoms with Gasteiger partial charge in [0.05, 0.1) is 13.1 Å². The Bertz CT molecular complexity index is 624. The third-order valence-electron chi connectivity index (χ3n) is 3.43. The van der Waals surface area contributed by atoms with Crippen LogP contribution in [-0.2, 0) is 11.3 Å². The van der Waals surface area contributed by atoms with E-state index in [1.807, 2.05) is 54.6 Å². The fourth-order valence-electron chi connectivity index (χ4n) is 2.18. The molecular formula is C17H16BrNO3. The van der Waals surface area contributed by atoms with Gasteiger partial charge in [0, 0.05) is 4.47 Å². The molecule has 0 aliphatic carbocycles.